The second-order valence-corrected chi connectivity index (χ2v) is 6.55. The average Bonchev–Trinajstić information content (AvgIpc) is 2.89. The van der Waals surface area contributed by atoms with E-state index >= 15 is 0 Å². The highest BCUT2D eigenvalue weighted by Crippen LogP contribution is 2.35. The van der Waals surface area contributed by atoms with Crippen LogP contribution in [0.15, 0.2) is 30.3 Å². The van der Waals surface area contributed by atoms with Gasteiger partial charge in [0.05, 0.1) is 5.38 Å². The minimum absolute atomic E-state index is 0.100. The molecular weight excluding hydrogens is 287 g/mol. The van der Waals surface area contributed by atoms with E-state index in [2.05, 4.69) is 31.2 Å². The minimum atomic E-state index is -0.100. The highest BCUT2D eigenvalue weighted by molar-refractivity contribution is 6.31. The number of halogens is 2. The fraction of sp³-hybridized carbons (Fsp3) is 0.333. The molecule has 1 aliphatic rings. The topological polar surface area (TPSA) is 0 Å². The van der Waals surface area contributed by atoms with Gasteiger partial charge >= 0.3 is 0 Å². The molecule has 2 aromatic rings. The van der Waals surface area contributed by atoms with Gasteiger partial charge in [-0.2, -0.15) is 0 Å². The Balaban J connectivity index is 2.00. The van der Waals surface area contributed by atoms with Crippen molar-refractivity contribution in [3.05, 3.63) is 68.7 Å². The summed E-state index contributed by atoms with van der Waals surface area (Å²) in [7, 11) is 0. The van der Waals surface area contributed by atoms with Crippen molar-refractivity contribution in [1.29, 1.82) is 0 Å². The number of benzene rings is 2. The van der Waals surface area contributed by atoms with Crippen molar-refractivity contribution in [2.75, 3.05) is 0 Å². The number of hydrogen-bond acceptors (Lipinski definition) is 0. The van der Waals surface area contributed by atoms with E-state index in [9.17, 15) is 0 Å². The zero-order valence-corrected chi connectivity index (χ0v) is 13.4. The van der Waals surface area contributed by atoms with Crippen LogP contribution in [0, 0.1) is 13.8 Å². The summed E-state index contributed by atoms with van der Waals surface area (Å²) in [6, 6.07) is 10.8. The van der Waals surface area contributed by atoms with Crippen LogP contribution in [-0.4, -0.2) is 0 Å². The molecule has 1 unspecified atom stereocenters. The van der Waals surface area contributed by atoms with Crippen molar-refractivity contribution in [1.82, 2.24) is 0 Å². The third-order valence-electron chi connectivity index (χ3n) is 4.24. The van der Waals surface area contributed by atoms with E-state index in [1.807, 2.05) is 13.0 Å². The summed E-state index contributed by atoms with van der Waals surface area (Å²) in [5, 5.41) is 0.709. The smallest absolute Gasteiger partial charge is 0.0838 e. The summed E-state index contributed by atoms with van der Waals surface area (Å²) in [5.41, 5.74) is 7.54. The molecule has 0 aromatic heterocycles. The molecule has 104 valence electrons. The van der Waals surface area contributed by atoms with Gasteiger partial charge in [0.15, 0.2) is 0 Å². The van der Waals surface area contributed by atoms with Crippen LogP contribution in [0.1, 0.15) is 45.2 Å². The molecule has 0 fully saturated rings. The molecule has 1 aliphatic carbocycles. The molecule has 20 heavy (non-hydrogen) atoms. The summed E-state index contributed by atoms with van der Waals surface area (Å²) in [4.78, 5) is 0. The molecule has 0 radical (unpaired) electrons. The van der Waals surface area contributed by atoms with Gasteiger partial charge < -0.3 is 0 Å². The van der Waals surface area contributed by atoms with Crippen LogP contribution in [-0.2, 0) is 12.8 Å². The van der Waals surface area contributed by atoms with E-state index in [4.69, 9.17) is 23.2 Å². The minimum Gasteiger partial charge on any atom is -0.113 e. The number of aryl methyl sites for hydroxylation is 4. The Hall–Kier alpha value is -0.980. The standard InChI is InChI=1S/C18H18Cl2/c1-11-9-17(19)12(2)8-16(11)18(20)15-7-6-13-4-3-5-14(13)10-15/h6-10,18H,3-5H2,1-2H3. The maximum absolute atomic E-state index is 6.72. The molecule has 0 aliphatic heterocycles. The second kappa shape index (κ2) is 5.42. The molecule has 0 bridgehead atoms. The van der Waals surface area contributed by atoms with E-state index < -0.39 is 0 Å². The molecule has 0 amide bonds. The molecule has 1 atom stereocenters. The van der Waals surface area contributed by atoms with Gasteiger partial charge in [-0.25, -0.2) is 0 Å². The summed E-state index contributed by atoms with van der Waals surface area (Å²) in [5.74, 6) is 0. The van der Waals surface area contributed by atoms with Gasteiger partial charge in [-0.1, -0.05) is 35.9 Å². The fourth-order valence-corrected chi connectivity index (χ4v) is 3.59. The fourth-order valence-electron chi connectivity index (χ4n) is 3.01. The molecule has 2 heteroatoms. The van der Waals surface area contributed by atoms with Gasteiger partial charge in [-0.3, -0.25) is 0 Å². The molecule has 0 spiro atoms. The zero-order valence-electron chi connectivity index (χ0n) is 11.8. The Kier molecular flexibility index (Phi) is 3.79. The summed E-state index contributed by atoms with van der Waals surface area (Å²) < 4.78 is 0. The van der Waals surface area contributed by atoms with E-state index in [1.165, 1.54) is 36.0 Å². The first-order valence-corrected chi connectivity index (χ1v) is 7.90. The van der Waals surface area contributed by atoms with Crippen LogP contribution < -0.4 is 0 Å². The molecule has 2 aromatic carbocycles. The van der Waals surface area contributed by atoms with E-state index in [-0.39, 0.29) is 5.38 Å². The van der Waals surface area contributed by atoms with E-state index in [0.717, 1.165) is 21.7 Å². The predicted octanol–water partition coefficient (Wildman–Crippen LogP) is 5.77. The molecule has 0 heterocycles. The molecular formula is C18H18Cl2. The molecule has 0 nitrogen and oxygen atoms in total. The highest BCUT2D eigenvalue weighted by atomic mass is 35.5. The Labute approximate surface area is 130 Å². The third-order valence-corrected chi connectivity index (χ3v) is 5.13. The Morgan fingerprint density at radius 2 is 1.70 bits per heavy atom. The van der Waals surface area contributed by atoms with Crippen molar-refractivity contribution >= 4 is 23.2 Å². The monoisotopic (exact) mass is 304 g/mol. The number of alkyl halides is 1. The van der Waals surface area contributed by atoms with Crippen LogP contribution >= 0.6 is 23.2 Å². The van der Waals surface area contributed by atoms with Crippen molar-refractivity contribution in [3.8, 4) is 0 Å². The van der Waals surface area contributed by atoms with Gasteiger partial charge in [0.25, 0.3) is 0 Å². The quantitative estimate of drug-likeness (QED) is 0.617. The molecule has 0 saturated carbocycles. The highest BCUT2D eigenvalue weighted by Gasteiger charge is 2.18. The van der Waals surface area contributed by atoms with Crippen LogP contribution in [0.5, 0.6) is 0 Å². The average molecular weight is 305 g/mol. The maximum Gasteiger partial charge on any atom is 0.0838 e. The zero-order chi connectivity index (χ0) is 14.3. The lowest BCUT2D eigenvalue weighted by Gasteiger charge is -2.16. The predicted molar refractivity (Wildman–Crippen MR) is 87.1 cm³/mol. The first kappa shape index (κ1) is 14.0. The van der Waals surface area contributed by atoms with Crippen LogP contribution in [0.3, 0.4) is 0 Å². The van der Waals surface area contributed by atoms with Crippen LogP contribution in [0.4, 0.5) is 0 Å². The third kappa shape index (κ3) is 2.47. The first-order chi connectivity index (χ1) is 9.56. The normalized spacial score (nSPS) is 15.2. The van der Waals surface area contributed by atoms with Gasteiger partial charge in [-0.05, 0) is 72.6 Å². The lowest BCUT2D eigenvalue weighted by molar-refractivity contribution is 0.911. The van der Waals surface area contributed by atoms with Gasteiger partial charge in [-0.15, -0.1) is 11.6 Å². The maximum atomic E-state index is 6.72. The largest absolute Gasteiger partial charge is 0.113 e. The summed E-state index contributed by atoms with van der Waals surface area (Å²) >= 11 is 12.9. The SMILES string of the molecule is Cc1cc(C(Cl)c2ccc3c(c2)CCC3)c(C)cc1Cl. The van der Waals surface area contributed by atoms with Crippen molar-refractivity contribution in [3.63, 3.8) is 0 Å². The number of fused-ring (bicyclic) bond motifs is 1. The Morgan fingerprint density at radius 1 is 0.950 bits per heavy atom. The van der Waals surface area contributed by atoms with Crippen LogP contribution in [0.2, 0.25) is 5.02 Å². The second-order valence-electron chi connectivity index (χ2n) is 5.70. The summed E-state index contributed by atoms with van der Waals surface area (Å²) in [6.45, 7) is 4.10. The van der Waals surface area contributed by atoms with Crippen molar-refractivity contribution < 1.29 is 0 Å². The molecule has 3 rings (SSSR count). The lowest BCUT2D eigenvalue weighted by Crippen LogP contribution is -1.99. The van der Waals surface area contributed by atoms with E-state index in [1.54, 1.807) is 0 Å². The molecule has 0 saturated heterocycles. The van der Waals surface area contributed by atoms with E-state index in [0.29, 0.717) is 0 Å². The number of rotatable bonds is 2. The van der Waals surface area contributed by atoms with Crippen molar-refractivity contribution in [2.24, 2.45) is 0 Å². The number of hydrogen-bond donors (Lipinski definition) is 0. The Morgan fingerprint density at radius 3 is 2.50 bits per heavy atom. The van der Waals surface area contributed by atoms with Crippen LogP contribution in [0.25, 0.3) is 0 Å². The first-order valence-electron chi connectivity index (χ1n) is 7.08. The molecule has 0 N–H and O–H groups in total. The summed E-state index contributed by atoms with van der Waals surface area (Å²) in [6.07, 6.45) is 3.66. The lowest BCUT2D eigenvalue weighted by atomic mass is 9.96. The Bertz CT molecular complexity index is 659. The van der Waals surface area contributed by atoms with Gasteiger partial charge in [0.1, 0.15) is 0 Å². The van der Waals surface area contributed by atoms with Crippen molar-refractivity contribution in [2.45, 2.75) is 38.5 Å². The van der Waals surface area contributed by atoms with Gasteiger partial charge in [0, 0.05) is 5.02 Å². The van der Waals surface area contributed by atoms with Gasteiger partial charge in [0.2, 0.25) is 0 Å².